The molecule has 1 fully saturated rings. The lowest BCUT2D eigenvalue weighted by atomic mass is 10.1. The van der Waals surface area contributed by atoms with Crippen molar-refractivity contribution in [2.45, 2.75) is 18.1 Å². The Kier molecular flexibility index (Phi) is 2.85. The first-order chi connectivity index (χ1) is 5.63. The summed E-state index contributed by atoms with van der Waals surface area (Å²) in [4.78, 5) is 0. The van der Waals surface area contributed by atoms with Gasteiger partial charge in [-0.1, -0.05) is 23.7 Å². The first kappa shape index (κ1) is 10.8. The van der Waals surface area contributed by atoms with Gasteiger partial charge in [-0.3, -0.25) is 0 Å². The van der Waals surface area contributed by atoms with Crippen LogP contribution in [-0.4, -0.2) is 6.04 Å². The van der Waals surface area contributed by atoms with Crippen LogP contribution >= 0.6 is 24.0 Å². The van der Waals surface area contributed by atoms with Gasteiger partial charge in [-0.15, -0.1) is 12.4 Å². The Morgan fingerprint density at radius 2 is 1.85 bits per heavy atom. The third-order valence-corrected chi connectivity index (χ3v) is 2.52. The van der Waals surface area contributed by atoms with Gasteiger partial charge in [0.2, 0.25) is 0 Å². The molecule has 2 rings (SSSR count). The van der Waals surface area contributed by atoms with Crippen LogP contribution in [0.5, 0.6) is 0 Å². The Morgan fingerprint density at radius 1 is 1.38 bits per heavy atom. The van der Waals surface area contributed by atoms with E-state index in [4.69, 9.17) is 17.3 Å². The van der Waals surface area contributed by atoms with Crippen molar-refractivity contribution in [2.75, 3.05) is 0 Å². The Bertz CT molecular complexity index is 301. The van der Waals surface area contributed by atoms with Crippen molar-refractivity contribution in [3.63, 3.8) is 0 Å². The maximum atomic E-state index is 13.6. The highest BCUT2D eigenvalue weighted by Gasteiger charge is 2.54. The molecule has 0 aromatic heterocycles. The van der Waals surface area contributed by atoms with E-state index in [1.807, 2.05) is 0 Å². The fourth-order valence-electron chi connectivity index (χ4n) is 1.32. The molecule has 1 aromatic carbocycles. The molecular formula is C9H10Cl2FN. The second-order valence-electron chi connectivity index (χ2n) is 3.18. The molecule has 2 N–H and O–H groups in total. The highest BCUT2D eigenvalue weighted by molar-refractivity contribution is 6.30. The molecule has 1 saturated carbocycles. The van der Waals surface area contributed by atoms with Gasteiger partial charge in [0.05, 0.1) is 0 Å². The van der Waals surface area contributed by atoms with Gasteiger partial charge in [-0.05, 0) is 17.7 Å². The zero-order valence-electron chi connectivity index (χ0n) is 6.84. The molecule has 1 nitrogen and oxygen atoms in total. The van der Waals surface area contributed by atoms with Crippen molar-refractivity contribution in [3.05, 3.63) is 34.9 Å². The maximum Gasteiger partial charge on any atom is 0.152 e. The number of hydrogen-bond donors (Lipinski definition) is 1. The van der Waals surface area contributed by atoms with E-state index >= 15 is 0 Å². The van der Waals surface area contributed by atoms with E-state index in [1.165, 1.54) is 0 Å². The Balaban J connectivity index is 0.000000845. The average Bonchev–Trinajstić information content (AvgIpc) is 2.62. The molecule has 1 aromatic rings. The van der Waals surface area contributed by atoms with E-state index in [1.54, 1.807) is 24.3 Å². The zero-order valence-corrected chi connectivity index (χ0v) is 8.41. The zero-order chi connectivity index (χ0) is 8.77. The third kappa shape index (κ3) is 1.80. The van der Waals surface area contributed by atoms with E-state index < -0.39 is 5.67 Å². The van der Waals surface area contributed by atoms with Gasteiger partial charge in [0, 0.05) is 17.5 Å². The van der Waals surface area contributed by atoms with Crippen molar-refractivity contribution in [1.82, 2.24) is 0 Å². The summed E-state index contributed by atoms with van der Waals surface area (Å²) in [5.74, 6) is 0. The van der Waals surface area contributed by atoms with Gasteiger partial charge in [-0.25, -0.2) is 4.39 Å². The normalized spacial score (nSPS) is 30.8. The number of rotatable bonds is 1. The van der Waals surface area contributed by atoms with Gasteiger partial charge < -0.3 is 5.73 Å². The smallest absolute Gasteiger partial charge is 0.152 e. The van der Waals surface area contributed by atoms with Crippen molar-refractivity contribution in [2.24, 2.45) is 5.73 Å². The molecule has 0 spiro atoms. The van der Waals surface area contributed by atoms with Gasteiger partial charge in [0.1, 0.15) is 0 Å². The van der Waals surface area contributed by atoms with Crippen LogP contribution in [0.25, 0.3) is 0 Å². The molecule has 1 aliphatic carbocycles. The molecule has 72 valence electrons. The topological polar surface area (TPSA) is 26.0 Å². The van der Waals surface area contributed by atoms with E-state index in [9.17, 15) is 4.39 Å². The SMILES string of the molecule is Cl.N[C@@H]1C[C@]1(F)c1ccc(Cl)cc1. The summed E-state index contributed by atoms with van der Waals surface area (Å²) in [5.41, 5.74) is 4.81. The lowest BCUT2D eigenvalue weighted by Gasteiger charge is -2.05. The van der Waals surface area contributed by atoms with Crippen molar-refractivity contribution < 1.29 is 4.39 Å². The molecule has 1 aliphatic rings. The van der Waals surface area contributed by atoms with Crippen LogP contribution in [0.1, 0.15) is 12.0 Å². The molecule has 0 aliphatic heterocycles. The van der Waals surface area contributed by atoms with E-state index in [2.05, 4.69) is 0 Å². The van der Waals surface area contributed by atoms with Crippen molar-refractivity contribution >= 4 is 24.0 Å². The Hall–Kier alpha value is -0.310. The number of alkyl halides is 1. The van der Waals surface area contributed by atoms with Crippen LogP contribution < -0.4 is 5.73 Å². The minimum atomic E-state index is -1.29. The molecule has 0 heterocycles. The fraction of sp³-hybridized carbons (Fsp3) is 0.333. The highest BCUT2D eigenvalue weighted by Crippen LogP contribution is 2.48. The van der Waals surface area contributed by atoms with Gasteiger partial charge >= 0.3 is 0 Å². The first-order valence-corrected chi connectivity index (χ1v) is 4.21. The van der Waals surface area contributed by atoms with Crippen LogP contribution in [0.2, 0.25) is 5.02 Å². The Morgan fingerprint density at radius 3 is 2.23 bits per heavy atom. The number of nitrogens with two attached hydrogens (primary N) is 1. The molecule has 0 radical (unpaired) electrons. The van der Waals surface area contributed by atoms with E-state index in [0.29, 0.717) is 17.0 Å². The van der Waals surface area contributed by atoms with Gasteiger partial charge in [0.25, 0.3) is 0 Å². The molecule has 2 atom stereocenters. The standard InChI is InChI=1S/C9H9ClFN.ClH/c10-7-3-1-6(2-4-7)9(11)5-8(9)12;/h1-4,8H,5,12H2;1H/t8-,9+;/m1./s1. The predicted octanol–water partition coefficient (Wildman–Crippen LogP) is 2.66. The molecule has 0 amide bonds. The summed E-state index contributed by atoms with van der Waals surface area (Å²) >= 11 is 5.66. The maximum absolute atomic E-state index is 13.6. The monoisotopic (exact) mass is 221 g/mol. The quantitative estimate of drug-likeness (QED) is 0.776. The summed E-state index contributed by atoms with van der Waals surface area (Å²) in [6.45, 7) is 0. The highest BCUT2D eigenvalue weighted by atomic mass is 35.5. The second kappa shape index (κ2) is 3.45. The van der Waals surface area contributed by atoms with Crippen LogP contribution in [0.3, 0.4) is 0 Å². The summed E-state index contributed by atoms with van der Waals surface area (Å²) < 4.78 is 13.6. The number of benzene rings is 1. The molecular weight excluding hydrogens is 212 g/mol. The molecule has 0 unspecified atom stereocenters. The van der Waals surface area contributed by atoms with Crippen LogP contribution in [0.15, 0.2) is 24.3 Å². The lowest BCUT2D eigenvalue weighted by molar-refractivity contribution is 0.306. The average molecular weight is 222 g/mol. The molecule has 13 heavy (non-hydrogen) atoms. The largest absolute Gasteiger partial charge is 0.325 e. The summed E-state index contributed by atoms with van der Waals surface area (Å²) in [6.07, 6.45) is 0.425. The van der Waals surface area contributed by atoms with Crippen molar-refractivity contribution in [1.29, 1.82) is 0 Å². The molecule has 4 heteroatoms. The number of hydrogen-bond acceptors (Lipinski definition) is 1. The molecule has 0 bridgehead atoms. The minimum Gasteiger partial charge on any atom is -0.325 e. The Labute approximate surface area is 87.5 Å². The van der Waals surface area contributed by atoms with E-state index in [0.717, 1.165) is 0 Å². The van der Waals surface area contributed by atoms with Gasteiger partial charge in [0.15, 0.2) is 5.67 Å². The van der Waals surface area contributed by atoms with E-state index in [-0.39, 0.29) is 18.4 Å². The fourth-order valence-corrected chi connectivity index (χ4v) is 1.45. The van der Waals surface area contributed by atoms with Crippen molar-refractivity contribution in [3.8, 4) is 0 Å². The van der Waals surface area contributed by atoms with Crippen LogP contribution in [-0.2, 0) is 5.67 Å². The summed E-state index contributed by atoms with van der Waals surface area (Å²) in [7, 11) is 0. The first-order valence-electron chi connectivity index (χ1n) is 3.83. The second-order valence-corrected chi connectivity index (χ2v) is 3.62. The third-order valence-electron chi connectivity index (χ3n) is 2.27. The summed E-state index contributed by atoms with van der Waals surface area (Å²) in [5, 5.41) is 0.622. The predicted molar refractivity (Wildman–Crippen MR) is 54.1 cm³/mol. The van der Waals surface area contributed by atoms with Gasteiger partial charge in [-0.2, -0.15) is 0 Å². The van der Waals surface area contributed by atoms with Crippen LogP contribution in [0, 0.1) is 0 Å². The molecule has 0 saturated heterocycles. The lowest BCUT2D eigenvalue weighted by Crippen LogP contribution is -2.12. The van der Waals surface area contributed by atoms with Crippen LogP contribution in [0.4, 0.5) is 4.39 Å². The number of halogens is 3. The summed E-state index contributed by atoms with van der Waals surface area (Å²) in [6, 6.07) is 6.41. The minimum absolute atomic E-state index is 0.